The third-order valence-corrected chi connectivity index (χ3v) is 2.71. The summed E-state index contributed by atoms with van der Waals surface area (Å²) < 4.78 is 18.5. The zero-order valence-electron chi connectivity index (χ0n) is 9.69. The van der Waals surface area contributed by atoms with Gasteiger partial charge in [0.2, 0.25) is 0 Å². The first-order valence-corrected chi connectivity index (χ1v) is 5.75. The molecule has 1 aliphatic heterocycles. The van der Waals surface area contributed by atoms with E-state index in [1.54, 1.807) is 19.1 Å². The number of hydrogen-bond donors (Lipinski definition) is 1. The van der Waals surface area contributed by atoms with Gasteiger partial charge in [0.1, 0.15) is 18.0 Å². The Morgan fingerprint density at radius 2 is 2.06 bits per heavy atom. The highest BCUT2D eigenvalue weighted by atomic mass is 19.1. The van der Waals surface area contributed by atoms with E-state index in [4.69, 9.17) is 9.84 Å². The minimum atomic E-state index is -0.622. The van der Waals surface area contributed by atoms with Gasteiger partial charge in [-0.05, 0) is 37.5 Å². The van der Waals surface area contributed by atoms with Crippen molar-refractivity contribution < 1.29 is 14.2 Å². The molecule has 0 radical (unpaired) electrons. The van der Waals surface area contributed by atoms with E-state index in [9.17, 15) is 4.39 Å². The Bertz CT molecular complexity index is 428. The van der Waals surface area contributed by atoms with Crippen molar-refractivity contribution >= 4 is 0 Å². The van der Waals surface area contributed by atoms with Gasteiger partial charge in [0.05, 0.1) is 6.10 Å². The summed E-state index contributed by atoms with van der Waals surface area (Å²) in [5, 5.41) is 9.06. The molecule has 1 saturated heterocycles. The average molecular weight is 234 g/mol. The maximum Gasteiger partial charge on any atom is 0.123 e. The monoisotopic (exact) mass is 234 g/mol. The largest absolute Gasteiger partial charge is 0.381 e. The first kappa shape index (κ1) is 12.1. The van der Waals surface area contributed by atoms with Crippen LogP contribution in [0.1, 0.15) is 31.4 Å². The molecular formula is C14H15FO2. The van der Waals surface area contributed by atoms with Crippen molar-refractivity contribution in [2.45, 2.75) is 38.1 Å². The molecule has 1 aromatic carbocycles. The molecule has 17 heavy (non-hydrogen) atoms. The summed E-state index contributed by atoms with van der Waals surface area (Å²) in [5.41, 5.74) is 0.979. The maximum atomic E-state index is 12.8. The summed E-state index contributed by atoms with van der Waals surface area (Å²) in [7, 11) is 0. The summed E-state index contributed by atoms with van der Waals surface area (Å²) in [4.78, 5) is 0. The number of benzene rings is 1. The molecule has 2 nitrogen and oxygen atoms in total. The second-order valence-electron chi connectivity index (χ2n) is 4.21. The maximum absolute atomic E-state index is 12.8. The van der Waals surface area contributed by atoms with Crippen molar-refractivity contribution in [1.29, 1.82) is 0 Å². The van der Waals surface area contributed by atoms with Crippen LogP contribution in [0.5, 0.6) is 0 Å². The molecule has 3 heteroatoms. The van der Waals surface area contributed by atoms with E-state index in [1.807, 2.05) is 0 Å². The van der Waals surface area contributed by atoms with E-state index in [0.717, 1.165) is 18.4 Å². The molecule has 1 aliphatic rings. The van der Waals surface area contributed by atoms with E-state index >= 15 is 0 Å². The quantitative estimate of drug-likeness (QED) is 0.756. The Morgan fingerprint density at radius 1 is 1.35 bits per heavy atom. The van der Waals surface area contributed by atoms with E-state index in [-0.39, 0.29) is 18.0 Å². The molecule has 2 unspecified atom stereocenters. The standard InChI is InChI=1S/C14H15FO2/c1-10(16)2-7-13-8-9-14(17-13)11-3-5-12(15)6-4-11/h3-6,10,13-14,16H,8-9H2,1H3/t10-,13?,14?/m0/s1. The Kier molecular flexibility index (Phi) is 3.78. The fourth-order valence-corrected chi connectivity index (χ4v) is 1.88. The van der Waals surface area contributed by atoms with Gasteiger partial charge in [-0.1, -0.05) is 24.0 Å². The van der Waals surface area contributed by atoms with Crippen LogP contribution >= 0.6 is 0 Å². The molecule has 1 heterocycles. The predicted molar refractivity (Wildman–Crippen MR) is 62.7 cm³/mol. The van der Waals surface area contributed by atoms with Gasteiger partial charge in [-0.3, -0.25) is 0 Å². The molecule has 0 amide bonds. The van der Waals surface area contributed by atoms with E-state index in [1.165, 1.54) is 12.1 Å². The molecule has 0 aromatic heterocycles. The molecule has 1 fully saturated rings. The van der Waals surface area contributed by atoms with Crippen LogP contribution in [0.3, 0.4) is 0 Å². The van der Waals surface area contributed by atoms with Gasteiger partial charge in [-0.25, -0.2) is 4.39 Å². The number of aliphatic hydroxyl groups excluding tert-OH is 1. The summed E-state index contributed by atoms with van der Waals surface area (Å²) in [5.74, 6) is 5.35. The average Bonchev–Trinajstić information content (AvgIpc) is 2.76. The van der Waals surface area contributed by atoms with Crippen LogP contribution in [0.15, 0.2) is 24.3 Å². The molecule has 90 valence electrons. The van der Waals surface area contributed by atoms with Crippen LogP contribution < -0.4 is 0 Å². The van der Waals surface area contributed by atoms with Crippen molar-refractivity contribution in [1.82, 2.24) is 0 Å². The van der Waals surface area contributed by atoms with Gasteiger partial charge in [-0.15, -0.1) is 0 Å². The van der Waals surface area contributed by atoms with Gasteiger partial charge in [0.15, 0.2) is 0 Å². The minimum Gasteiger partial charge on any atom is -0.381 e. The Morgan fingerprint density at radius 3 is 2.71 bits per heavy atom. The SMILES string of the molecule is C[C@H](O)C#CC1CCC(c2ccc(F)cc2)O1. The van der Waals surface area contributed by atoms with E-state index < -0.39 is 6.10 Å². The van der Waals surface area contributed by atoms with Crippen molar-refractivity contribution in [2.24, 2.45) is 0 Å². The first-order chi connectivity index (χ1) is 8.15. The van der Waals surface area contributed by atoms with Crippen molar-refractivity contribution in [3.05, 3.63) is 35.6 Å². The number of aliphatic hydroxyl groups is 1. The highest BCUT2D eigenvalue weighted by Crippen LogP contribution is 2.32. The lowest BCUT2D eigenvalue weighted by Gasteiger charge is -2.10. The van der Waals surface area contributed by atoms with Crippen LogP contribution in [0.4, 0.5) is 4.39 Å². The number of halogens is 1. The van der Waals surface area contributed by atoms with Crippen molar-refractivity contribution in [2.75, 3.05) is 0 Å². The number of ether oxygens (including phenoxy) is 1. The third-order valence-electron chi connectivity index (χ3n) is 2.71. The van der Waals surface area contributed by atoms with Crippen molar-refractivity contribution in [3.8, 4) is 11.8 Å². The van der Waals surface area contributed by atoms with Crippen LogP contribution in [-0.2, 0) is 4.74 Å². The Balaban J connectivity index is 1.99. The van der Waals surface area contributed by atoms with Gasteiger partial charge in [0, 0.05) is 0 Å². The van der Waals surface area contributed by atoms with Gasteiger partial charge >= 0.3 is 0 Å². The van der Waals surface area contributed by atoms with Crippen LogP contribution in [-0.4, -0.2) is 17.3 Å². The van der Waals surface area contributed by atoms with Crippen molar-refractivity contribution in [3.63, 3.8) is 0 Å². The highest BCUT2D eigenvalue weighted by molar-refractivity contribution is 5.21. The Labute approximate surface area is 100 Å². The second-order valence-corrected chi connectivity index (χ2v) is 4.21. The summed E-state index contributed by atoms with van der Waals surface area (Å²) in [6, 6.07) is 6.36. The third kappa shape index (κ3) is 3.29. The van der Waals surface area contributed by atoms with E-state index in [0.29, 0.717) is 0 Å². The molecule has 0 bridgehead atoms. The second kappa shape index (κ2) is 5.31. The van der Waals surface area contributed by atoms with E-state index in [2.05, 4.69) is 11.8 Å². The molecule has 3 atom stereocenters. The number of hydrogen-bond acceptors (Lipinski definition) is 2. The smallest absolute Gasteiger partial charge is 0.123 e. The molecule has 0 saturated carbocycles. The molecular weight excluding hydrogens is 219 g/mol. The normalized spacial score (nSPS) is 25.1. The topological polar surface area (TPSA) is 29.5 Å². The van der Waals surface area contributed by atoms with Gasteiger partial charge in [0.25, 0.3) is 0 Å². The fraction of sp³-hybridized carbons (Fsp3) is 0.429. The zero-order valence-corrected chi connectivity index (χ0v) is 9.69. The molecule has 0 spiro atoms. The molecule has 0 aliphatic carbocycles. The summed E-state index contributed by atoms with van der Waals surface area (Å²) in [6.07, 6.45) is 0.971. The van der Waals surface area contributed by atoms with Gasteiger partial charge in [-0.2, -0.15) is 0 Å². The zero-order chi connectivity index (χ0) is 12.3. The first-order valence-electron chi connectivity index (χ1n) is 5.75. The molecule has 1 N–H and O–H groups in total. The summed E-state index contributed by atoms with van der Waals surface area (Å²) in [6.45, 7) is 1.62. The lowest BCUT2D eigenvalue weighted by molar-refractivity contribution is 0.0758. The molecule has 2 rings (SSSR count). The van der Waals surface area contributed by atoms with Crippen LogP contribution in [0, 0.1) is 17.7 Å². The molecule has 1 aromatic rings. The Hall–Kier alpha value is -1.37. The van der Waals surface area contributed by atoms with Crippen LogP contribution in [0.25, 0.3) is 0 Å². The fourth-order valence-electron chi connectivity index (χ4n) is 1.88. The minimum absolute atomic E-state index is 0.0103. The predicted octanol–water partition coefficient (Wildman–Crippen LogP) is 2.43. The van der Waals surface area contributed by atoms with Gasteiger partial charge < -0.3 is 9.84 Å². The summed E-state index contributed by atoms with van der Waals surface area (Å²) >= 11 is 0. The van der Waals surface area contributed by atoms with Crippen LogP contribution in [0.2, 0.25) is 0 Å². The lowest BCUT2D eigenvalue weighted by atomic mass is 10.1. The number of rotatable bonds is 1. The lowest BCUT2D eigenvalue weighted by Crippen LogP contribution is -2.05. The highest BCUT2D eigenvalue weighted by Gasteiger charge is 2.25.